The molecule has 0 radical (unpaired) electrons. The lowest BCUT2D eigenvalue weighted by Crippen LogP contribution is -2.46. The van der Waals surface area contributed by atoms with Gasteiger partial charge in [-0.05, 0) is 42.8 Å². The Bertz CT molecular complexity index is 878. The first-order valence-corrected chi connectivity index (χ1v) is 9.31. The number of amides is 1. The van der Waals surface area contributed by atoms with Crippen molar-refractivity contribution in [2.45, 2.75) is 26.4 Å². The van der Waals surface area contributed by atoms with Crippen LogP contribution in [0.5, 0.6) is 0 Å². The van der Waals surface area contributed by atoms with Gasteiger partial charge in [-0.3, -0.25) is 15.1 Å². The van der Waals surface area contributed by atoms with Crippen LogP contribution in [0.2, 0.25) is 5.02 Å². The van der Waals surface area contributed by atoms with Gasteiger partial charge >= 0.3 is 0 Å². The van der Waals surface area contributed by atoms with Gasteiger partial charge in [0.15, 0.2) is 6.19 Å². The van der Waals surface area contributed by atoms with Gasteiger partial charge in [-0.1, -0.05) is 25.4 Å². The fraction of sp³-hybridized carbons (Fsp3) is 0.300. The minimum atomic E-state index is -0.738. The van der Waals surface area contributed by atoms with E-state index in [1.54, 1.807) is 48.8 Å². The Balaban J connectivity index is 2.32. The van der Waals surface area contributed by atoms with Gasteiger partial charge in [0.2, 0.25) is 5.96 Å². The highest BCUT2D eigenvalue weighted by molar-refractivity contribution is 6.30. The molecule has 0 aliphatic rings. The number of carbonyl (C=O) groups excluding carboxylic acids is 1. The molecular formula is C20H23ClN6O2. The number of aliphatic hydroxyl groups excluding tert-OH is 1. The molecule has 1 aromatic carbocycles. The zero-order valence-electron chi connectivity index (χ0n) is 16.2. The topological polar surface area (TPSA) is 122 Å². The van der Waals surface area contributed by atoms with E-state index < -0.39 is 11.6 Å². The Labute approximate surface area is 174 Å². The number of rotatable bonds is 7. The van der Waals surface area contributed by atoms with Crippen molar-refractivity contribution < 1.29 is 9.90 Å². The molecule has 0 saturated carbocycles. The van der Waals surface area contributed by atoms with Crippen molar-refractivity contribution in [2.24, 2.45) is 10.4 Å². The van der Waals surface area contributed by atoms with E-state index in [9.17, 15) is 9.90 Å². The molecular weight excluding hydrogens is 392 g/mol. The van der Waals surface area contributed by atoms with Crippen molar-refractivity contribution in [1.29, 1.82) is 5.26 Å². The molecule has 2 rings (SSSR count). The average Bonchev–Trinajstić information content (AvgIpc) is 2.69. The van der Waals surface area contributed by atoms with E-state index in [1.807, 2.05) is 20.0 Å². The number of aromatic nitrogens is 1. The summed E-state index contributed by atoms with van der Waals surface area (Å²) in [5.74, 6) is -0.202. The molecule has 0 spiro atoms. The summed E-state index contributed by atoms with van der Waals surface area (Å²) in [6, 6.07) is 9.98. The number of nitriles is 1. The number of carbonyl (C=O) groups is 1. The molecule has 0 bridgehead atoms. The summed E-state index contributed by atoms with van der Waals surface area (Å²) in [4.78, 5) is 21.2. The van der Waals surface area contributed by atoms with E-state index in [0.29, 0.717) is 22.7 Å². The third-order valence-electron chi connectivity index (χ3n) is 4.23. The van der Waals surface area contributed by atoms with Gasteiger partial charge in [0, 0.05) is 28.8 Å². The molecule has 29 heavy (non-hydrogen) atoms. The third-order valence-corrected chi connectivity index (χ3v) is 4.48. The molecule has 1 heterocycles. The molecule has 0 saturated heterocycles. The molecule has 8 nitrogen and oxygen atoms in total. The summed E-state index contributed by atoms with van der Waals surface area (Å²) in [6.07, 6.45) is 4.68. The van der Waals surface area contributed by atoms with Crippen LogP contribution in [0.15, 0.2) is 53.8 Å². The Hall–Kier alpha value is -3.15. The number of halogens is 1. The third kappa shape index (κ3) is 6.75. The molecule has 152 valence electrons. The fourth-order valence-corrected chi connectivity index (χ4v) is 2.61. The number of anilines is 1. The SMILES string of the molecule is CC(C)(CCO)C(/N=C(\NC#N)Nc1cccnc1)NC(=O)c1ccc(Cl)cc1. The minimum Gasteiger partial charge on any atom is -0.396 e. The average molecular weight is 415 g/mol. The van der Waals surface area contributed by atoms with Crippen molar-refractivity contribution in [3.05, 3.63) is 59.4 Å². The Morgan fingerprint density at radius 1 is 1.34 bits per heavy atom. The number of hydrogen-bond donors (Lipinski definition) is 4. The first-order valence-electron chi connectivity index (χ1n) is 8.93. The van der Waals surface area contributed by atoms with Crippen molar-refractivity contribution in [3.63, 3.8) is 0 Å². The Morgan fingerprint density at radius 3 is 2.66 bits per heavy atom. The summed E-state index contributed by atoms with van der Waals surface area (Å²) in [6.45, 7) is 3.66. The lowest BCUT2D eigenvalue weighted by Gasteiger charge is -2.32. The van der Waals surface area contributed by atoms with Gasteiger partial charge in [0.25, 0.3) is 5.91 Å². The van der Waals surface area contributed by atoms with E-state index in [2.05, 4.69) is 25.9 Å². The fourth-order valence-electron chi connectivity index (χ4n) is 2.49. The number of guanidine groups is 1. The normalized spacial score (nSPS) is 12.6. The van der Waals surface area contributed by atoms with E-state index in [0.717, 1.165) is 0 Å². The van der Waals surface area contributed by atoms with Crippen LogP contribution < -0.4 is 16.0 Å². The van der Waals surface area contributed by atoms with Crippen LogP contribution in [0.1, 0.15) is 30.6 Å². The van der Waals surface area contributed by atoms with Gasteiger partial charge in [-0.25, -0.2) is 4.99 Å². The van der Waals surface area contributed by atoms with E-state index >= 15 is 0 Å². The molecule has 1 atom stereocenters. The first kappa shape index (κ1) is 22.1. The van der Waals surface area contributed by atoms with Crippen molar-refractivity contribution in [1.82, 2.24) is 15.6 Å². The highest BCUT2D eigenvalue weighted by Gasteiger charge is 2.31. The molecule has 1 amide bonds. The second-order valence-corrected chi connectivity index (χ2v) is 7.36. The monoisotopic (exact) mass is 414 g/mol. The first-order chi connectivity index (χ1) is 13.9. The van der Waals surface area contributed by atoms with E-state index in [1.165, 1.54) is 0 Å². The van der Waals surface area contributed by atoms with Gasteiger partial charge < -0.3 is 15.7 Å². The van der Waals surface area contributed by atoms with Gasteiger partial charge in [-0.15, -0.1) is 0 Å². The van der Waals surface area contributed by atoms with Crippen LogP contribution in [0.4, 0.5) is 5.69 Å². The molecule has 4 N–H and O–H groups in total. The van der Waals surface area contributed by atoms with E-state index in [4.69, 9.17) is 16.9 Å². The summed E-state index contributed by atoms with van der Waals surface area (Å²) < 4.78 is 0. The van der Waals surface area contributed by atoms with Crippen LogP contribution in [0, 0.1) is 16.9 Å². The van der Waals surface area contributed by atoms with Gasteiger partial charge in [0.1, 0.15) is 6.17 Å². The van der Waals surface area contributed by atoms with Crippen LogP contribution in [-0.4, -0.2) is 34.7 Å². The zero-order chi connectivity index (χ0) is 21.3. The molecule has 9 heteroatoms. The number of pyridine rings is 1. The maximum atomic E-state index is 12.7. The molecule has 0 fully saturated rings. The number of aliphatic imine (C=N–C) groups is 1. The van der Waals surface area contributed by atoms with Crippen LogP contribution in [-0.2, 0) is 0 Å². The van der Waals surface area contributed by atoms with Crippen molar-refractivity contribution in [2.75, 3.05) is 11.9 Å². The number of nitrogens with one attached hydrogen (secondary N) is 3. The number of aliphatic hydroxyl groups is 1. The predicted molar refractivity (Wildman–Crippen MR) is 112 cm³/mol. The smallest absolute Gasteiger partial charge is 0.252 e. The molecule has 2 aromatic rings. The standard InChI is InChI=1S/C20H23ClN6O2/c1-20(2,9-11-28)18(26-17(29)14-5-7-15(21)8-6-14)27-19(24-13-22)25-16-4-3-10-23-12-16/h3-8,10,12,18,28H,9,11H2,1-2H3,(H,26,29)(H2,24,25,27). The zero-order valence-corrected chi connectivity index (χ0v) is 16.9. The van der Waals surface area contributed by atoms with Crippen molar-refractivity contribution in [3.8, 4) is 6.19 Å². The molecule has 0 aliphatic heterocycles. The van der Waals surface area contributed by atoms with Crippen LogP contribution >= 0.6 is 11.6 Å². The second-order valence-electron chi connectivity index (χ2n) is 6.93. The lowest BCUT2D eigenvalue weighted by atomic mass is 9.86. The second kappa shape index (κ2) is 10.4. The minimum absolute atomic E-state index is 0.0765. The number of hydrogen-bond acceptors (Lipinski definition) is 5. The lowest BCUT2D eigenvalue weighted by molar-refractivity contribution is 0.0877. The van der Waals surface area contributed by atoms with Gasteiger partial charge in [0.05, 0.1) is 11.9 Å². The highest BCUT2D eigenvalue weighted by atomic mass is 35.5. The molecule has 1 aromatic heterocycles. The highest BCUT2D eigenvalue weighted by Crippen LogP contribution is 2.26. The van der Waals surface area contributed by atoms with Crippen LogP contribution in [0.3, 0.4) is 0 Å². The number of nitrogens with zero attached hydrogens (tertiary/aromatic N) is 3. The number of benzene rings is 1. The summed E-state index contributed by atoms with van der Waals surface area (Å²) in [5, 5.41) is 27.4. The summed E-state index contributed by atoms with van der Waals surface area (Å²) in [5.41, 5.74) is 0.441. The molecule has 0 aliphatic carbocycles. The van der Waals surface area contributed by atoms with Gasteiger partial charge in [-0.2, -0.15) is 5.26 Å². The quantitative estimate of drug-likeness (QED) is 0.239. The molecule has 1 unspecified atom stereocenters. The Morgan fingerprint density at radius 2 is 2.07 bits per heavy atom. The Kier molecular flexibility index (Phi) is 7.95. The maximum Gasteiger partial charge on any atom is 0.252 e. The van der Waals surface area contributed by atoms with E-state index in [-0.39, 0.29) is 18.5 Å². The largest absolute Gasteiger partial charge is 0.396 e. The maximum absolute atomic E-state index is 12.7. The predicted octanol–water partition coefficient (Wildman–Crippen LogP) is 2.74. The summed E-state index contributed by atoms with van der Waals surface area (Å²) in [7, 11) is 0. The van der Waals surface area contributed by atoms with Crippen LogP contribution in [0.25, 0.3) is 0 Å². The summed E-state index contributed by atoms with van der Waals surface area (Å²) >= 11 is 5.88. The van der Waals surface area contributed by atoms with Crippen molar-refractivity contribution >= 4 is 29.2 Å².